The van der Waals surface area contributed by atoms with Gasteiger partial charge in [-0.2, -0.15) is 0 Å². The van der Waals surface area contributed by atoms with E-state index in [4.69, 9.17) is 20.9 Å². The van der Waals surface area contributed by atoms with Gasteiger partial charge in [-0.25, -0.2) is 0 Å². The van der Waals surface area contributed by atoms with Gasteiger partial charge >= 0.3 is 0 Å². The molecule has 0 spiro atoms. The van der Waals surface area contributed by atoms with Crippen LogP contribution in [0.3, 0.4) is 0 Å². The van der Waals surface area contributed by atoms with Crippen LogP contribution in [-0.4, -0.2) is 29.2 Å². The van der Waals surface area contributed by atoms with E-state index in [0.717, 1.165) is 5.56 Å². The van der Waals surface area contributed by atoms with Crippen LogP contribution in [0, 0.1) is 0 Å². The fourth-order valence-corrected chi connectivity index (χ4v) is 3.80. The summed E-state index contributed by atoms with van der Waals surface area (Å²) in [6.45, 7) is 0.951. The molecule has 2 aromatic heterocycles. The molecule has 0 saturated carbocycles. The second-order valence-corrected chi connectivity index (χ2v) is 7.54. The molecule has 1 aliphatic rings. The Hall–Kier alpha value is -2.57. The van der Waals surface area contributed by atoms with Gasteiger partial charge in [0, 0.05) is 13.0 Å². The van der Waals surface area contributed by atoms with Crippen LogP contribution >= 0.6 is 22.9 Å². The number of furan rings is 1. The molecule has 3 heterocycles. The molecule has 27 heavy (non-hydrogen) atoms. The molecular weight excluding hydrogens is 384 g/mol. The third-order valence-electron chi connectivity index (χ3n) is 4.25. The zero-order valence-corrected chi connectivity index (χ0v) is 15.9. The summed E-state index contributed by atoms with van der Waals surface area (Å²) < 4.78 is 5.40. The number of halogens is 1. The summed E-state index contributed by atoms with van der Waals surface area (Å²) >= 11 is 7.27. The van der Waals surface area contributed by atoms with Gasteiger partial charge in [0.1, 0.15) is 5.71 Å². The lowest BCUT2D eigenvalue weighted by atomic mass is 10.1. The number of oxime groups is 1. The van der Waals surface area contributed by atoms with Gasteiger partial charge in [0.25, 0.3) is 5.91 Å². The van der Waals surface area contributed by atoms with E-state index in [0.29, 0.717) is 41.1 Å². The molecule has 7 heteroatoms. The van der Waals surface area contributed by atoms with Crippen molar-refractivity contribution < 1.29 is 14.0 Å². The molecule has 0 fully saturated rings. The lowest BCUT2D eigenvalue weighted by molar-refractivity contribution is 0.0408. The number of carbonyl (C=O) groups excluding carboxylic acids is 1. The zero-order chi connectivity index (χ0) is 18.6. The lowest BCUT2D eigenvalue weighted by Gasteiger charge is -2.24. The van der Waals surface area contributed by atoms with Gasteiger partial charge in [-0.15, -0.1) is 11.3 Å². The minimum absolute atomic E-state index is 0.00746. The minimum atomic E-state index is -0.225. The number of carbonyl (C=O) groups is 1. The molecule has 0 aliphatic carbocycles. The van der Waals surface area contributed by atoms with Gasteiger partial charge in [-0.05, 0) is 40.7 Å². The highest BCUT2D eigenvalue weighted by Crippen LogP contribution is 2.23. The number of hydrogen-bond donors (Lipinski definition) is 0. The maximum absolute atomic E-state index is 13.0. The number of rotatable bonds is 6. The van der Waals surface area contributed by atoms with Gasteiger partial charge in [0.2, 0.25) is 0 Å². The van der Waals surface area contributed by atoms with Crippen molar-refractivity contribution in [2.45, 2.75) is 19.1 Å². The molecule has 0 saturated heterocycles. The van der Waals surface area contributed by atoms with E-state index in [9.17, 15) is 4.79 Å². The standard InChI is InChI=1S/C20H17ClN2O3S/c21-19-9-8-17(25-19)16-11-15(26-22-16)13-23(12-14-5-2-1-3-6-14)20(24)18-7-4-10-27-18/h1-10,15H,11-13H2/t15-/m0/s1. The van der Waals surface area contributed by atoms with E-state index in [1.165, 1.54) is 11.3 Å². The van der Waals surface area contributed by atoms with Gasteiger partial charge in [0.15, 0.2) is 17.1 Å². The predicted octanol–water partition coefficient (Wildman–Crippen LogP) is 4.83. The summed E-state index contributed by atoms with van der Waals surface area (Å²) in [4.78, 5) is 21.0. The lowest BCUT2D eigenvalue weighted by Crippen LogP contribution is -2.37. The highest BCUT2D eigenvalue weighted by molar-refractivity contribution is 7.12. The van der Waals surface area contributed by atoms with E-state index in [1.54, 1.807) is 17.0 Å². The van der Waals surface area contributed by atoms with Crippen molar-refractivity contribution in [2.75, 3.05) is 6.54 Å². The van der Waals surface area contributed by atoms with E-state index in [2.05, 4.69) is 5.16 Å². The van der Waals surface area contributed by atoms with E-state index >= 15 is 0 Å². The fraction of sp³-hybridized carbons (Fsp3) is 0.200. The number of amides is 1. The molecule has 0 unspecified atom stereocenters. The van der Waals surface area contributed by atoms with Crippen molar-refractivity contribution in [1.29, 1.82) is 0 Å². The largest absolute Gasteiger partial charge is 0.443 e. The van der Waals surface area contributed by atoms with Gasteiger partial charge in [0.05, 0.1) is 11.4 Å². The highest BCUT2D eigenvalue weighted by Gasteiger charge is 2.29. The van der Waals surface area contributed by atoms with Crippen LogP contribution < -0.4 is 0 Å². The van der Waals surface area contributed by atoms with Crippen LogP contribution in [0.1, 0.15) is 27.4 Å². The molecule has 3 aromatic rings. The van der Waals surface area contributed by atoms with Crippen molar-refractivity contribution in [2.24, 2.45) is 5.16 Å². The Balaban J connectivity index is 1.47. The summed E-state index contributed by atoms with van der Waals surface area (Å²) in [5.74, 6) is 0.591. The number of hydrogen-bond acceptors (Lipinski definition) is 5. The second-order valence-electron chi connectivity index (χ2n) is 6.22. The van der Waals surface area contributed by atoms with Crippen LogP contribution in [0.4, 0.5) is 0 Å². The number of benzene rings is 1. The Morgan fingerprint density at radius 3 is 2.74 bits per heavy atom. The summed E-state index contributed by atoms with van der Waals surface area (Å²) in [6.07, 6.45) is 0.337. The first-order valence-corrected chi connectivity index (χ1v) is 9.80. The van der Waals surface area contributed by atoms with Crippen LogP contribution in [0.2, 0.25) is 5.22 Å². The summed E-state index contributed by atoms with van der Waals surface area (Å²) in [5, 5.41) is 6.33. The minimum Gasteiger partial charge on any atom is -0.443 e. The predicted molar refractivity (Wildman–Crippen MR) is 105 cm³/mol. The van der Waals surface area contributed by atoms with Crippen molar-refractivity contribution in [1.82, 2.24) is 4.90 Å². The quantitative estimate of drug-likeness (QED) is 0.595. The van der Waals surface area contributed by atoms with Crippen LogP contribution in [0.25, 0.3) is 0 Å². The maximum atomic E-state index is 13.0. The third kappa shape index (κ3) is 4.23. The van der Waals surface area contributed by atoms with Crippen molar-refractivity contribution in [3.63, 3.8) is 0 Å². The molecule has 0 N–H and O–H groups in total. The molecule has 4 rings (SSSR count). The SMILES string of the molecule is O=C(c1cccs1)N(Cc1ccccc1)C[C@@H]1CC(c2ccc(Cl)o2)=NO1. The Morgan fingerprint density at radius 2 is 2.04 bits per heavy atom. The normalized spacial score (nSPS) is 16.0. The molecule has 1 amide bonds. The first-order chi connectivity index (χ1) is 13.2. The first kappa shape index (κ1) is 17.8. The molecule has 5 nitrogen and oxygen atoms in total. The van der Waals surface area contributed by atoms with Crippen molar-refractivity contribution >= 4 is 34.6 Å². The Morgan fingerprint density at radius 1 is 1.19 bits per heavy atom. The first-order valence-electron chi connectivity index (χ1n) is 8.54. The monoisotopic (exact) mass is 400 g/mol. The van der Waals surface area contributed by atoms with Crippen LogP contribution in [0.5, 0.6) is 0 Å². The highest BCUT2D eigenvalue weighted by atomic mass is 35.5. The van der Waals surface area contributed by atoms with Crippen LogP contribution in [0.15, 0.2) is 69.6 Å². The Labute approximate surface area is 165 Å². The second kappa shape index (κ2) is 7.98. The average molecular weight is 401 g/mol. The average Bonchev–Trinajstić information content (AvgIpc) is 3.43. The van der Waals surface area contributed by atoms with E-state index in [-0.39, 0.29) is 12.0 Å². The smallest absolute Gasteiger partial charge is 0.264 e. The number of nitrogens with zero attached hydrogens (tertiary/aromatic N) is 2. The third-order valence-corrected chi connectivity index (χ3v) is 5.31. The Bertz CT molecular complexity index is 937. The van der Waals surface area contributed by atoms with Gasteiger partial charge < -0.3 is 14.2 Å². The number of thiophene rings is 1. The molecule has 1 aliphatic heterocycles. The fourth-order valence-electron chi connectivity index (χ4n) is 2.97. The van der Waals surface area contributed by atoms with Crippen LogP contribution in [-0.2, 0) is 11.4 Å². The molecule has 1 atom stereocenters. The zero-order valence-electron chi connectivity index (χ0n) is 14.4. The van der Waals surface area contributed by atoms with Crippen molar-refractivity contribution in [3.05, 3.63) is 81.4 Å². The van der Waals surface area contributed by atoms with Gasteiger partial charge in [-0.3, -0.25) is 4.79 Å². The summed E-state index contributed by atoms with van der Waals surface area (Å²) in [6, 6.07) is 17.1. The summed E-state index contributed by atoms with van der Waals surface area (Å²) in [5.41, 5.74) is 1.77. The molecule has 0 radical (unpaired) electrons. The van der Waals surface area contributed by atoms with E-state index < -0.39 is 0 Å². The topological polar surface area (TPSA) is 55.0 Å². The van der Waals surface area contributed by atoms with E-state index in [1.807, 2.05) is 47.8 Å². The molecule has 138 valence electrons. The Kier molecular flexibility index (Phi) is 5.27. The van der Waals surface area contributed by atoms with Crippen molar-refractivity contribution in [3.8, 4) is 0 Å². The molecular formula is C20H17ClN2O3S. The van der Waals surface area contributed by atoms with Gasteiger partial charge in [-0.1, -0.05) is 41.6 Å². The molecule has 0 bridgehead atoms. The molecule has 1 aromatic carbocycles. The maximum Gasteiger partial charge on any atom is 0.264 e. The summed E-state index contributed by atoms with van der Waals surface area (Å²) in [7, 11) is 0.